The van der Waals surface area contributed by atoms with Gasteiger partial charge in [-0.1, -0.05) is 82.8 Å². The SMILES string of the molecule is C#Cc1ccc(-c2c3nc(cc4[n-]c(c(C)c4CCC(=O)OC)c(-c4ccccc4)c4nc(cc5[n-]c2c(C)c5CCC(=O)OC)C(CCC(=O)OC)=C4C)C(CCC(=O)OC)=C3C)cc1.[Zn+2]. The summed E-state index contributed by atoms with van der Waals surface area (Å²) in [6, 6.07) is 21.4. The number of carbonyl (C=O) groups excluding carboxylic acids is 4. The summed E-state index contributed by atoms with van der Waals surface area (Å²) in [7, 11) is 5.48. The molecule has 0 N–H and O–H groups in total. The van der Waals surface area contributed by atoms with Gasteiger partial charge >= 0.3 is 43.4 Å². The fraction of sp³-hybridized carbons (Fsp3) is 0.296. The summed E-state index contributed by atoms with van der Waals surface area (Å²) < 4.78 is 20.4. The molecule has 7 rings (SSSR count). The van der Waals surface area contributed by atoms with Gasteiger partial charge in [-0.15, -0.1) is 28.5 Å². The molecular formula is C54H52N4O8Zn. The van der Waals surface area contributed by atoms with Gasteiger partial charge in [-0.2, -0.15) is 0 Å². The Labute approximate surface area is 403 Å². The van der Waals surface area contributed by atoms with Gasteiger partial charge < -0.3 is 28.9 Å². The summed E-state index contributed by atoms with van der Waals surface area (Å²) in [4.78, 5) is 72.7. The Balaban J connectivity index is 0.00000741. The molecule has 12 nitrogen and oxygen atoms in total. The first-order valence-corrected chi connectivity index (χ1v) is 21.8. The van der Waals surface area contributed by atoms with E-state index < -0.39 is 0 Å². The standard InChI is InChI=1S/C54H52N4O8.Zn/c1-10-34-16-18-36(19-17-34)50-53-32(4)39(22-26-47(61)65-8)43(57-53)28-41-37(20-24-45(59)63-6)30(2)51(55-41)49(35-14-12-11-13-15-35)52-31(3)38(21-25-46(60)64-7)42(56-52)29-44-40(23-27-48(62)66-9)33(5)54(50)58-44;/h1,11-19,28-29H,20-27H2,2-9H3;/q-2;+2. The van der Waals surface area contributed by atoms with Crippen LogP contribution >= 0.6 is 0 Å². The predicted molar refractivity (Wildman–Crippen MR) is 255 cm³/mol. The number of allylic oxidation sites excluding steroid dienone is 4. The average Bonchev–Trinajstić information content (AvgIpc) is 4.02. The van der Waals surface area contributed by atoms with E-state index in [0.717, 1.165) is 66.8 Å². The number of aryl methyl sites for hydroxylation is 4. The van der Waals surface area contributed by atoms with Crippen molar-refractivity contribution in [2.24, 2.45) is 0 Å². The Morgan fingerprint density at radius 1 is 0.552 bits per heavy atom. The number of methoxy groups -OCH3 is 4. The molecule has 0 amide bonds. The number of carbonyl (C=O) groups is 4. The zero-order valence-electron chi connectivity index (χ0n) is 39.3. The van der Waals surface area contributed by atoms with E-state index in [1.165, 1.54) is 28.4 Å². The topological polar surface area (TPSA) is 159 Å². The van der Waals surface area contributed by atoms with Gasteiger partial charge in [-0.05, 0) is 110 Å². The number of hydrogen-bond acceptors (Lipinski definition) is 10. The first-order chi connectivity index (χ1) is 31.8. The van der Waals surface area contributed by atoms with Crippen LogP contribution in [0.4, 0.5) is 0 Å². The molecule has 5 heterocycles. The van der Waals surface area contributed by atoms with E-state index in [1.54, 1.807) is 0 Å². The van der Waals surface area contributed by atoms with Crippen molar-refractivity contribution in [1.82, 2.24) is 19.9 Å². The number of esters is 4. The first-order valence-electron chi connectivity index (χ1n) is 21.8. The summed E-state index contributed by atoms with van der Waals surface area (Å²) in [5.74, 6) is 1.25. The van der Waals surface area contributed by atoms with Crippen LogP contribution in [-0.4, -0.2) is 62.3 Å². The van der Waals surface area contributed by atoms with Gasteiger partial charge in [-0.3, -0.25) is 19.2 Å². The van der Waals surface area contributed by atoms with Crippen LogP contribution < -0.4 is 9.97 Å². The number of fused-ring (bicyclic) bond motifs is 8. The maximum atomic E-state index is 12.8. The van der Waals surface area contributed by atoms with Gasteiger partial charge in [-0.25, -0.2) is 9.97 Å². The molecule has 8 bridgehead atoms. The molecule has 0 spiro atoms. The second kappa shape index (κ2) is 21.6. The Morgan fingerprint density at radius 2 is 0.925 bits per heavy atom. The smallest absolute Gasteiger partial charge is 0.657 e. The van der Waals surface area contributed by atoms with Gasteiger partial charge in [0.1, 0.15) is 0 Å². The Hall–Kier alpha value is -6.90. The number of hydrogen-bond donors (Lipinski definition) is 0. The van der Waals surface area contributed by atoms with E-state index in [-0.39, 0.29) is 69.0 Å². The van der Waals surface area contributed by atoms with Crippen LogP contribution in [0.1, 0.15) is 103 Å². The molecule has 67 heavy (non-hydrogen) atoms. The van der Waals surface area contributed by atoms with E-state index in [9.17, 15) is 19.2 Å². The number of terminal acetylenes is 1. The summed E-state index contributed by atoms with van der Waals surface area (Å²) in [6.07, 6.45) is 7.52. The third-order valence-corrected chi connectivity index (χ3v) is 12.5. The van der Waals surface area contributed by atoms with Crippen LogP contribution in [0.2, 0.25) is 0 Å². The van der Waals surface area contributed by atoms with E-state index in [1.807, 2.05) is 94.4 Å². The van der Waals surface area contributed by atoms with E-state index in [2.05, 4.69) is 5.92 Å². The Kier molecular flexibility index (Phi) is 16.0. The van der Waals surface area contributed by atoms with E-state index in [0.29, 0.717) is 76.1 Å². The van der Waals surface area contributed by atoms with Gasteiger partial charge in [0.25, 0.3) is 0 Å². The molecule has 0 saturated heterocycles. The molecule has 3 aromatic heterocycles. The summed E-state index contributed by atoms with van der Waals surface area (Å²) in [5.41, 5.74) is 15.5. The zero-order chi connectivity index (χ0) is 47.2. The number of aromatic nitrogens is 4. The summed E-state index contributed by atoms with van der Waals surface area (Å²) >= 11 is 0. The van der Waals surface area contributed by atoms with Crippen LogP contribution in [0.25, 0.3) is 66.6 Å². The molecule has 13 heteroatoms. The molecule has 0 atom stereocenters. The molecule has 0 fully saturated rings. The third kappa shape index (κ3) is 10.3. The molecule has 2 aliphatic heterocycles. The van der Waals surface area contributed by atoms with Gasteiger partial charge in [0, 0.05) is 31.2 Å². The maximum Gasteiger partial charge on any atom is 2.00 e. The fourth-order valence-corrected chi connectivity index (χ4v) is 8.83. The largest absolute Gasteiger partial charge is 2.00 e. The van der Waals surface area contributed by atoms with Crippen LogP contribution in [0.15, 0.2) is 66.7 Å². The average molecular weight is 950 g/mol. The predicted octanol–water partition coefficient (Wildman–Crippen LogP) is 9.48. The molecule has 0 saturated carbocycles. The van der Waals surface area contributed by atoms with Crippen LogP contribution in [0.3, 0.4) is 0 Å². The van der Waals surface area contributed by atoms with Crippen LogP contribution in [0.5, 0.6) is 0 Å². The number of ether oxygens (including phenoxy) is 4. The molecule has 0 radical (unpaired) electrons. The maximum absolute atomic E-state index is 12.8. The number of nitrogens with zero attached hydrogens (tertiary/aromatic N) is 4. The Morgan fingerprint density at radius 3 is 1.30 bits per heavy atom. The van der Waals surface area contributed by atoms with Crippen molar-refractivity contribution in [3.63, 3.8) is 0 Å². The second-order valence-corrected chi connectivity index (χ2v) is 16.2. The number of rotatable bonds is 14. The summed E-state index contributed by atoms with van der Waals surface area (Å²) in [6.45, 7) is 7.97. The first kappa shape index (κ1) is 49.5. The monoisotopic (exact) mass is 948 g/mol. The van der Waals surface area contributed by atoms with Crippen molar-refractivity contribution in [3.8, 4) is 34.6 Å². The minimum atomic E-state index is -0.368. The fourth-order valence-electron chi connectivity index (χ4n) is 8.83. The van der Waals surface area contributed by atoms with Crippen molar-refractivity contribution in [3.05, 3.63) is 117 Å². The Bertz CT molecular complexity index is 3040. The van der Waals surface area contributed by atoms with Crippen LogP contribution in [0, 0.1) is 26.2 Å². The minimum absolute atomic E-state index is 0. The van der Waals surface area contributed by atoms with Crippen molar-refractivity contribution >= 4 is 68.2 Å². The quantitative estimate of drug-likeness (QED) is 0.0450. The molecular weight excluding hydrogens is 898 g/mol. The molecule has 0 aliphatic carbocycles. The molecule has 0 unspecified atom stereocenters. The summed E-state index contributed by atoms with van der Waals surface area (Å²) in [5, 5.41) is 0. The normalized spacial score (nSPS) is 12.0. The third-order valence-electron chi connectivity index (χ3n) is 12.5. The molecule has 2 aromatic carbocycles. The van der Waals surface area contributed by atoms with Crippen LogP contribution in [-0.2, 0) is 70.4 Å². The molecule has 5 aromatic rings. The van der Waals surface area contributed by atoms with Gasteiger partial charge in [0.15, 0.2) is 0 Å². The van der Waals surface area contributed by atoms with Crippen molar-refractivity contribution in [2.45, 2.75) is 79.1 Å². The van der Waals surface area contributed by atoms with Crippen molar-refractivity contribution in [1.29, 1.82) is 0 Å². The van der Waals surface area contributed by atoms with Crippen molar-refractivity contribution < 1.29 is 57.6 Å². The van der Waals surface area contributed by atoms with Gasteiger partial charge in [0.05, 0.1) is 51.2 Å². The van der Waals surface area contributed by atoms with E-state index in [4.69, 9.17) is 45.3 Å². The van der Waals surface area contributed by atoms with E-state index >= 15 is 0 Å². The number of benzene rings is 2. The van der Waals surface area contributed by atoms with Gasteiger partial charge in [0.2, 0.25) is 0 Å². The second-order valence-electron chi connectivity index (χ2n) is 16.2. The zero-order valence-corrected chi connectivity index (χ0v) is 42.3. The van der Waals surface area contributed by atoms with Crippen molar-refractivity contribution in [2.75, 3.05) is 28.4 Å². The molecule has 2 aliphatic rings. The minimum Gasteiger partial charge on any atom is -0.657 e. The molecule has 338 valence electrons.